The van der Waals surface area contributed by atoms with E-state index in [-0.39, 0.29) is 4.90 Å². The molecule has 2 aromatic carbocycles. The van der Waals surface area contributed by atoms with Crippen LogP contribution >= 0.6 is 0 Å². The number of nitrogens with zero attached hydrogens (tertiary/aromatic N) is 1. The van der Waals surface area contributed by atoms with Crippen molar-refractivity contribution in [2.75, 3.05) is 32.7 Å². The number of methoxy groups -OCH3 is 3. The van der Waals surface area contributed by atoms with Crippen LogP contribution in [0.5, 0.6) is 17.2 Å². The lowest BCUT2D eigenvalue weighted by atomic mass is 10.3. The molecule has 0 aliphatic rings. The standard InChI is InChI=1S/C16H19NO5S/c1-17(12-5-7-13(20-2)8-6-12)23(18,19)14-9-10-15(21-3)16(11-14)22-4/h5-11H,1-4H3. The Morgan fingerprint density at radius 2 is 1.43 bits per heavy atom. The number of ether oxygens (including phenoxy) is 3. The first-order chi connectivity index (χ1) is 10.9. The Hall–Kier alpha value is -2.41. The summed E-state index contributed by atoms with van der Waals surface area (Å²) in [7, 11) is 2.29. The van der Waals surface area contributed by atoms with E-state index in [1.54, 1.807) is 37.4 Å². The molecule has 0 spiro atoms. The molecule has 0 bridgehead atoms. The zero-order chi connectivity index (χ0) is 17.0. The van der Waals surface area contributed by atoms with Gasteiger partial charge in [-0.05, 0) is 36.4 Å². The van der Waals surface area contributed by atoms with E-state index in [0.717, 1.165) is 0 Å². The van der Waals surface area contributed by atoms with Gasteiger partial charge in [-0.2, -0.15) is 0 Å². The molecule has 0 fully saturated rings. The highest BCUT2D eigenvalue weighted by molar-refractivity contribution is 7.92. The lowest BCUT2D eigenvalue weighted by Gasteiger charge is -2.20. The molecule has 0 aromatic heterocycles. The Kier molecular flexibility index (Phi) is 5.00. The molecule has 0 aliphatic carbocycles. The maximum Gasteiger partial charge on any atom is 0.264 e. The summed E-state index contributed by atoms with van der Waals surface area (Å²) in [5, 5.41) is 0. The van der Waals surface area contributed by atoms with Crippen LogP contribution in [-0.4, -0.2) is 36.8 Å². The van der Waals surface area contributed by atoms with Gasteiger partial charge < -0.3 is 14.2 Å². The molecule has 2 rings (SSSR count). The number of sulfonamides is 1. The first kappa shape index (κ1) is 17.0. The third-order valence-electron chi connectivity index (χ3n) is 3.45. The Morgan fingerprint density at radius 1 is 0.826 bits per heavy atom. The van der Waals surface area contributed by atoms with Crippen molar-refractivity contribution < 1.29 is 22.6 Å². The quantitative estimate of drug-likeness (QED) is 0.810. The summed E-state index contributed by atoms with van der Waals surface area (Å²) in [5.41, 5.74) is 0.528. The minimum atomic E-state index is -3.71. The van der Waals surface area contributed by atoms with Crippen LogP contribution in [0.2, 0.25) is 0 Å². The third-order valence-corrected chi connectivity index (χ3v) is 5.23. The van der Waals surface area contributed by atoms with Gasteiger partial charge in [-0.15, -0.1) is 0 Å². The first-order valence-corrected chi connectivity index (χ1v) is 8.23. The normalized spacial score (nSPS) is 11.0. The Morgan fingerprint density at radius 3 is 1.96 bits per heavy atom. The maximum absolute atomic E-state index is 12.8. The van der Waals surface area contributed by atoms with Crippen molar-refractivity contribution in [2.45, 2.75) is 4.90 Å². The SMILES string of the molecule is COc1ccc(N(C)S(=O)(=O)c2ccc(OC)c(OC)c2)cc1. The van der Waals surface area contributed by atoms with Gasteiger partial charge in [0.1, 0.15) is 5.75 Å². The number of hydrogen-bond donors (Lipinski definition) is 0. The Balaban J connectivity index is 2.40. The van der Waals surface area contributed by atoms with E-state index in [0.29, 0.717) is 22.9 Å². The van der Waals surface area contributed by atoms with E-state index in [1.807, 2.05) is 0 Å². The van der Waals surface area contributed by atoms with Crippen LogP contribution in [0.25, 0.3) is 0 Å². The van der Waals surface area contributed by atoms with Crippen molar-refractivity contribution in [3.63, 3.8) is 0 Å². The molecule has 0 aliphatic heterocycles. The van der Waals surface area contributed by atoms with Gasteiger partial charge in [-0.3, -0.25) is 4.31 Å². The molecule has 0 saturated carbocycles. The molecule has 0 radical (unpaired) electrons. The summed E-state index contributed by atoms with van der Waals surface area (Å²) in [6.45, 7) is 0. The van der Waals surface area contributed by atoms with Crippen LogP contribution in [0.1, 0.15) is 0 Å². The molecule has 23 heavy (non-hydrogen) atoms. The highest BCUT2D eigenvalue weighted by Crippen LogP contribution is 2.31. The highest BCUT2D eigenvalue weighted by atomic mass is 32.2. The minimum absolute atomic E-state index is 0.119. The monoisotopic (exact) mass is 337 g/mol. The van der Waals surface area contributed by atoms with Crippen LogP contribution in [0.4, 0.5) is 5.69 Å². The minimum Gasteiger partial charge on any atom is -0.497 e. The number of benzene rings is 2. The molecule has 0 N–H and O–H groups in total. The molecule has 6 nitrogen and oxygen atoms in total. The van der Waals surface area contributed by atoms with Gasteiger partial charge in [0.25, 0.3) is 10.0 Å². The highest BCUT2D eigenvalue weighted by Gasteiger charge is 2.23. The van der Waals surface area contributed by atoms with Crippen molar-refractivity contribution >= 4 is 15.7 Å². The third kappa shape index (κ3) is 3.34. The summed E-state index contributed by atoms with van der Waals surface area (Å²) in [4.78, 5) is 0.119. The fourth-order valence-corrected chi connectivity index (χ4v) is 3.28. The molecular formula is C16H19NO5S. The van der Waals surface area contributed by atoms with Gasteiger partial charge in [0.15, 0.2) is 11.5 Å². The molecule has 0 saturated heterocycles. The number of hydrogen-bond acceptors (Lipinski definition) is 5. The smallest absolute Gasteiger partial charge is 0.264 e. The van der Waals surface area contributed by atoms with E-state index >= 15 is 0 Å². The molecule has 124 valence electrons. The molecular weight excluding hydrogens is 318 g/mol. The van der Waals surface area contributed by atoms with E-state index in [4.69, 9.17) is 14.2 Å². The molecule has 0 atom stereocenters. The number of anilines is 1. The van der Waals surface area contributed by atoms with Gasteiger partial charge >= 0.3 is 0 Å². The zero-order valence-electron chi connectivity index (χ0n) is 13.4. The van der Waals surface area contributed by atoms with E-state index < -0.39 is 10.0 Å². The van der Waals surface area contributed by atoms with E-state index in [1.165, 1.54) is 37.7 Å². The number of rotatable bonds is 6. The van der Waals surface area contributed by atoms with Gasteiger partial charge in [0.2, 0.25) is 0 Å². The summed E-state index contributed by atoms with van der Waals surface area (Å²) >= 11 is 0. The largest absolute Gasteiger partial charge is 0.497 e. The fraction of sp³-hybridized carbons (Fsp3) is 0.250. The molecule has 7 heteroatoms. The molecule has 0 amide bonds. The van der Waals surface area contributed by atoms with Crippen LogP contribution in [0, 0.1) is 0 Å². The second-order valence-corrected chi connectivity index (χ2v) is 6.66. The summed E-state index contributed by atoms with van der Waals surface area (Å²) in [6.07, 6.45) is 0. The second-order valence-electron chi connectivity index (χ2n) is 4.69. The Bertz CT molecular complexity index is 772. The predicted molar refractivity (Wildman–Crippen MR) is 88.1 cm³/mol. The summed E-state index contributed by atoms with van der Waals surface area (Å²) in [6, 6.07) is 11.2. The average Bonchev–Trinajstić information content (AvgIpc) is 2.60. The van der Waals surface area contributed by atoms with Gasteiger partial charge in [-0.25, -0.2) is 8.42 Å². The van der Waals surface area contributed by atoms with Crippen LogP contribution in [-0.2, 0) is 10.0 Å². The summed E-state index contributed by atoms with van der Waals surface area (Å²) < 4.78 is 42.1. The average molecular weight is 337 g/mol. The zero-order valence-corrected chi connectivity index (χ0v) is 14.3. The second kappa shape index (κ2) is 6.78. The van der Waals surface area contributed by atoms with Gasteiger partial charge in [0.05, 0.1) is 31.9 Å². The molecule has 0 heterocycles. The van der Waals surface area contributed by atoms with Gasteiger partial charge in [0, 0.05) is 13.1 Å². The summed E-state index contributed by atoms with van der Waals surface area (Å²) in [5.74, 6) is 1.49. The van der Waals surface area contributed by atoms with Crippen molar-refractivity contribution in [1.82, 2.24) is 0 Å². The van der Waals surface area contributed by atoms with E-state index in [2.05, 4.69) is 0 Å². The van der Waals surface area contributed by atoms with Crippen LogP contribution < -0.4 is 18.5 Å². The van der Waals surface area contributed by atoms with Crippen LogP contribution in [0.3, 0.4) is 0 Å². The van der Waals surface area contributed by atoms with Crippen molar-refractivity contribution in [3.05, 3.63) is 42.5 Å². The fourth-order valence-electron chi connectivity index (χ4n) is 2.07. The molecule has 0 unspecified atom stereocenters. The van der Waals surface area contributed by atoms with Crippen LogP contribution in [0.15, 0.2) is 47.4 Å². The predicted octanol–water partition coefficient (Wildman–Crippen LogP) is 2.54. The van der Waals surface area contributed by atoms with Gasteiger partial charge in [-0.1, -0.05) is 0 Å². The lowest BCUT2D eigenvalue weighted by Crippen LogP contribution is -2.26. The first-order valence-electron chi connectivity index (χ1n) is 6.79. The Labute approximate surface area is 136 Å². The lowest BCUT2D eigenvalue weighted by molar-refractivity contribution is 0.354. The van der Waals surface area contributed by atoms with Crippen molar-refractivity contribution in [2.24, 2.45) is 0 Å². The van der Waals surface area contributed by atoms with Crippen molar-refractivity contribution in [3.8, 4) is 17.2 Å². The van der Waals surface area contributed by atoms with Crippen molar-refractivity contribution in [1.29, 1.82) is 0 Å². The maximum atomic E-state index is 12.8. The van der Waals surface area contributed by atoms with E-state index in [9.17, 15) is 8.42 Å². The molecule has 2 aromatic rings. The topological polar surface area (TPSA) is 65.1 Å².